The maximum atomic E-state index is 3.63. The summed E-state index contributed by atoms with van der Waals surface area (Å²) in [6.07, 6.45) is 9.28. The van der Waals surface area contributed by atoms with Crippen molar-refractivity contribution < 1.29 is 0 Å². The SMILES string of the molecule is CCC(CSC)N(C)CCNCC1CCCC1. The van der Waals surface area contributed by atoms with Gasteiger partial charge in [-0.15, -0.1) is 0 Å². The predicted octanol–water partition coefficient (Wildman–Crippen LogP) is 2.84. The second-order valence-corrected chi connectivity index (χ2v) is 6.26. The van der Waals surface area contributed by atoms with Crippen LogP contribution in [0.4, 0.5) is 0 Å². The van der Waals surface area contributed by atoms with Gasteiger partial charge in [-0.3, -0.25) is 0 Å². The first-order chi connectivity index (χ1) is 8.27. The lowest BCUT2D eigenvalue weighted by Gasteiger charge is -2.26. The van der Waals surface area contributed by atoms with Gasteiger partial charge in [-0.2, -0.15) is 11.8 Å². The zero-order valence-corrected chi connectivity index (χ0v) is 12.7. The molecule has 3 heteroatoms. The Hall–Kier alpha value is 0.270. The Morgan fingerprint density at radius 3 is 2.65 bits per heavy atom. The second kappa shape index (κ2) is 9.23. The van der Waals surface area contributed by atoms with Gasteiger partial charge in [0.05, 0.1) is 0 Å². The molecule has 0 aromatic heterocycles. The molecule has 0 saturated heterocycles. The topological polar surface area (TPSA) is 15.3 Å². The molecule has 1 unspecified atom stereocenters. The minimum Gasteiger partial charge on any atom is -0.315 e. The van der Waals surface area contributed by atoms with E-state index in [0.29, 0.717) is 0 Å². The number of thioether (sulfide) groups is 1. The molecular formula is C14H30N2S. The van der Waals surface area contributed by atoms with E-state index in [2.05, 4.69) is 30.4 Å². The van der Waals surface area contributed by atoms with Crippen molar-refractivity contribution in [3.8, 4) is 0 Å². The van der Waals surface area contributed by atoms with Gasteiger partial charge in [0.15, 0.2) is 0 Å². The number of nitrogens with one attached hydrogen (secondary N) is 1. The summed E-state index contributed by atoms with van der Waals surface area (Å²) in [6, 6.07) is 0.748. The molecule has 0 aromatic rings. The van der Waals surface area contributed by atoms with Crippen molar-refractivity contribution in [3.63, 3.8) is 0 Å². The maximum absolute atomic E-state index is 3.63. The van der Waals surface area contributed by atoms with Crippen molar-refractivity contribution in [2.24, 2.45) is 5.92 Å². The highest BCUT2D eigenvalue weighted by Gasteiger charge is 2.15. The summed E-state index contributed by atoms with van der Waals surface area (Å²) in [4.78, 5) is 2.51. The van der Waals surface area contributed by atoms with Gasteiger partial charge in [-0.1, -0.05) is 19.8 Å². The Morgan fingerprint density at radius 2 is 2.06 bits per heavy atom. The molecule has 0 spiro atoms. The fourth-order valence-corrected chi connectivity index (χ4v) is 3.58. The molecular weight excluding hydrogens is 228 g/mol. The van der Waals surface area contributed by atoms with Crippen LogP contribution in [0, 0.1) is 5.92 Å². The smallest absolute Gasteiger partial charge is 0.0181 e. The van der Waals surface area contributed by atoms with Gasteiger partial charge < -0.3 is 10.2 Å². The molecule has 1 saturated carbocycles. The number of rotatable bonds is 9. The van der Waals surface area contributed by atoms with Gasteiger partial charge in [0.1, 0.15) is 0 Å². The zero-order valence-electron chi connectivity index (χ0n) is 11.9. The molecule has 102 valence electrons. The summed E-state index contributed by atoms with van der Waals surface area (Å²) >= 11 is 1.96. The number of hydrogen-bond acceptors (Lipinski definition) is 3. The summed E-state index contributed by atoms with van der Waals surface area (Å²) in [5.41, 5.74) is 0. The molecule has 0 aliphatic heterocycles. The Labute approximate surface area is 112 Å². The fourth-order valence-electron chi connectivity index (χ4n) is 2.71. The van der Waals surface area contributed by atoms with E-state index in [9.17, 15) is 0 Å². The number of likely N-dealkylation sites (N-methyl/N-ethyl adjacent to an activating group) is 1. The van der Waals surface area contributed by atoms with Gasteiger partial charge in [0.2, 0.25) is 0 Å². The van der Waals surface area contributed by atoms with Gasteiger partial charge in [0.25, 0.3) is 0 Å². The molecule has 1 N–H and O–H groups in total. The Morgan fingerprint density at radius 1 is 1.35 bits per heavy atom. The molecule has 1 aliphatic carbocycles. The van der Waals surface area contributed by atoms with Crippen molar-refractivity contribution in [3.05, 3.63) is 0 Å². The molecule has 1 rings (SSSR count). The van der Waals surface area contributed by atoms with Crippen LogP contribution < -0.4 is 5.32 Å². The van der Waals surface area contributed by atoms with Crippen molar-refractivity contribution in [1.82, 2.24) is 10.2 Å². The summed E-state index contributed by atoms with van der Waals surface area (Å²) < 4.78 is 0. The van der Waals surface area contributed by atoms with Crippen molar-refractivity contribution in [1.29, 1.82) is 0 Å². The standard InChI is InChI=1S/C14H30N2S/c1-4-14(12-17-3)16(2)10-9-15-11-13-7-5-6-8-13/h13-15H,4-12H2,1-3H3. The molecule has 1 fully saturated rings. The van der Waals surface area contributed by atoms with Gasteiger partial charge in [0, 0.05) is 24.9 Å². The lowest BCUT2D eigenvalue weighted by molar-refractivity contribution is 0.254. The van der Waals surface area contributed by atoms with Crippen molar-refractivity contribution in [2.75, 3.05) is 38.7 Å². The van der Waals surface area contributed by atoms with Crippen LogP contribution in [0.25, 0.3) is 0 Å². The molecule has 1 aliphatic rings. The highest BCUT2D eigenvalue weighted by Crippen LogP contribution is 2.23. The van der Waals surface area contributed by atoms with Crippen LogP contribution in [0.2, 0.25) is 0 Å². The van der Waals surface area contributed by atoms with Crippen LogP contribution >= 0.6 is 11.8 Å². The quantitative estimate of drug-likeness (QED) is 0.640. The predicted molar refractivity (Wildman–Crippen MR) is 79.9 cm³/mol. The molecule has 1 atom stereocenters. The maximum Gasteiger partial charge on any atom is 0.0181 e. The first-order valence-corrected chi connectivity index (χ1v) is 8.57. The molecule has 0 radical (unpaired) electrons. The Kier molecular flexibility index (Phi) is 8.33. The first-order valence-electron chi connectivity index (χ1n) is 7.17. The van der Waals surface area contributed by atoms with E-state index >= 15 is 0 Å². The molecule has 0 aromatic carbocycles. The normalized spacial score (nSPS) is 19.1. The average molecular weight is 258 g/mol. The second-order valence-electron chi connectivity index (χ2n) is 5.35. The van der Waals surface area contributed by atoms with E-state index < -0.39 is 0 Å². The van der Waals surface area contributed by atoms with Gasteiger partial charge >= 0.3 is 0 Å². The lowest BCUT2D eigenvalue weighted by Crippen LogP contribution is -2.38. The first kappa shape index (κ1) is 15.3. The van der Waals surface area contributed by atoms with Gasteiger partial charge in [-0.05, 0) is 45.0 Å². The molecule has 17 heavy (non-hydrogen) atoms. The third kappa shape index (κ3) is 6.12. The highest BCUT2D eigenvalue weighted by molar-refractivity contribution is 7.98. The summed E-state index contributed by atoms with van der Waals surface area (Å²) in [7, 11) is 2.27. The van der Waals surface area contributed by atoms with Crippen LogP contribution in [0.1, 0.15) is 39.0 Å². The van der Waals surface area contributed by atoms with Crippen LogP contribution in [-0.2, 0) is 0 Å². The van der Waals surface area contributed by atoms with Gasteiger partial charge in [-0.25, -0.2) is 0 Å². The molecule has 0 heterocycles. The summed E-state index contributed by atoms with van der Waals surface area (Å²) in [5, 5.41) is 3.63. The number of nitrogens with zero attached hydrogens (tertiary/aromatic N) is 1. The highest BCUT2D eigenvalue weighted by atomic mass is 32.2. The van der Waals surface area contributed by atoms with Crippen molar-refractivity contribution >= 4 is 11.8 Å². The number of hydrogen-bond donors (Lipinski definition) is 1. The minimum atomic E-state index is 0.748. The largest absolute Gasteiger partial charge is 0.315 e. The van der Waals surface area contributed by atoms with E-state index in [-0.39, 0.29) is 0 Å². The average Bonchev–Trinajstić information content (AvgIpc) is 2.84. The fraction of sp³-hybridized carbons (Fsp3) is 1.00. The zero-order chi connectivity index (χ0) is 12.5. The van der Waals surface area contributed by atoms with E-state index in [1.54, 1.807) is 0 Å². The van der Waals surface area contributed by atoms with Crippen LogP contribution in [0.15, 0.2) is 0 Å². The molecule has 0 bridgehead atoms. The minimum absolute atomic E-state index is 0.748. The summed E-state index contributed by atoms with van der Waals surface area (Å²) in [6.45, 7) is 5.88. The van der Waals surface area contributed by atoms with E-state index in [4.69, 9.17) is 0 Å². The van der Waals surface area contributed by atoms with Crippen LogP contribution in [-0.4, -0.2) is 49.6 Å². The van der Waals surface area contributed by atoms with E-state index in [1.165, 1.54) is 50.9 Å². The monoisotopic (exact) mass is 258 g/mol. The molecule has 0 amide bonds. The van der Waals surface area contributed by atoms with Crippen molar-refractivity contribution in [2.45, 2.75) is 45.1 Å². The molecule has 2 nitrogen and oxygen atoms in total. The third-order valence-corrected chi connectivity index (χ3v) is 4.72. The third-order valence-electron chi connectivity index (χ3n) is 4.00. The van der Waals surface area contributed by atoms with Crippen LogP contribution in [0.5, 0.6) is 0 Å². The summed E-state index contributed by atoms with van der Waals surface area (Å²) in [5.74, 6) is 2.23. The Balaban J connectivity index is 2.03. The van der Waals surface area contributed by atoms with E-state index in [1.807, 2.05) is 11.8 Å². The Bertz CT molecular complexity index is 181. The van der Waals surface area contributed by atoms with Crippen LogP contribution in [0.3, 0.4) is 0 Å². The van der Waals surface area contributed by atoms with E-state index in [0.717, 1.165) is 18.5 Å². The lowest BCUT2D eigenvalue weighted by atomic mass is 10.1.